The van der Waals surface area contributed by atoms with E-state index in [-0.39, 0.29) is 24.0 Å². The first-order valence-electron chi connectivity index (χ1n) is 8.66. The van der Waals surface area contributed by atoms with Crippen molar-refractivity contribution >= 4 is 28.4 Å². The fourth-order valence-electron chi connectivity index (χ4n) is 3.08. The van der Waals surface area contributed by atoms with Gasteiger partial charge in [-0.25, -0.2) is 9.37 Å². The molecule has 0 bridgehead atoms. The molecule has 0 amide bonds. The zero-order valence-corrected chi connectivity index (χ0v) is 15.6. The number of aryl methyl sites for hydroxylation is 1. The van der Waals surface area contributed by atoms with Gasteiger partial charge in [0, 0.05) is 16.6 Å². The minimum Gasteiger partial charge on any atom is -0.510 e. The lowest BCUT2D eigenvalue weighted by Crippen LogP contribution is -2.25. The van der Waals surface area contributed by atoms with Crippen LogP contribution in [-0.4, -0.2) is 22.5 Å². The van der Waals surface area contributed by atoms with E-state index in [1.165, 1.54) is 29.0 Å². The smallest absolute Gasteiger partial charge is 0.139 e. The number of amidine groups is 1. The van der Waals surface area contributed by atoms with Gasteiger partial charge in [-0.3, -0.25) is 5.41 Å². The van der Waals surface area contributed by atoms with Crippen molar-refractivity contribution in [2.75, 3.05) is 11.4 Å². The molecule has 0 radical (unpaired) electrons. The summed E-state index contributed by atoms with van der Waals surface area (Å²) in [5, 5.41) is 21.5. The molecule has 1 aliphatic rings. The van der Waals surface area contributed by atoms with Gasteiger partial charge in [-0.15, -0.1) is 11.3 Å². The van der Waals surface area contributed by atoms with E-state index in [4.69, 9.17) is 5.41 Å². The number of aliphatic hydroxyl groups is 1. The largest absolute Gasteiger partial charge is 0.510 e. The highest BCUT2D eigenvalue weighted by molar-refractivity contribution is 7.11. The van der Waals surface area contributed by atoms with Crippen molar-refractivity contribution in [1.29, 1.82) is 5.41 Å². The van der Waals surface area contributed by atoms with E-state index in [9.17, 15) is 9.50 Å². The molecule has 136 valence electrons. The van der Waals surface area contributed by atoms with Crippen LogP contribution >= 0.6 is 11.3 Å². The zero-order chi connectivity index (χ0) is 19.0. The van der Waals surface area contributed by atoms with Crippen molar-refractivity contribution in [2.45, 2.75) is 13.3 Å². The molecule has 3 aromatic rings. The summed E-state index contributed by atoms with van der Waals surface area (Å²) in [4.78, 5) is 6.33. The molecule has 0 saturated carbocycles. The maximum atomic E-state index is 13.1. The Bertz CT molecular complexity index is 1020. The van der Waals surface area contributed by atoms with Crippen molar-refractivity contribution in [1.82, 2.24) is 4.98 Å². The number of hydrogen-bond donors (Lipinski definition) is 2. The van der Waals surface area contributed by atoms with E-state index in [0.29, 0.717) is 16.3 Å². The highest BCUT2D eigenvalue weighted by atomic mass is 32.1. The first-order chi connectivity index (χ1) is 13.1. The second-order valence-corrected chi connectivity index (χ2v) is 7.18. The summed E-state index contributed by atoms with van der Waals surface area (Å²) in [7, 11) is 0. The maximum Gasteiger partial charge on any atom is 0.139 e. The van der Waals surface area contributed by atoms with E-state index in [0.717, 1.165) is 17.7 Å². The lowest BCUT2D eigenvalue weighted by Gasteiger charge is -2.18. The van der Waals surface area contributed by atoms with Crippen LogP contribution in [0.4, 0.5) is 10.1 Å². The highest BCUT2D eigenvalue weighted by Crippen LogP contribution is 2.34. The molecule has 0 unspecified atom stereocenters. The van der Waals surface area contributed by atoms with Crippen molar-refractivity contribution in [3.05, 3.63) is 76.1 Å². The van der Waals surface area contributed by atoms with E-state index >= 15 is 0 Å². The lowest BCUT2D eigenvalue weighted by atomic mass is 10.1. The van der Waals surface area contributed by atoms with Crippen LogP contribution in [0.5, 0.6) is 0 Å². The summed E-state index contributed by atoms with van der Waals surface area (Å²) in [6.07, 6.45) is 0.956. The van der Waals surface area contributed by atoms with Gasteiger partial charge in [0.2, 0.25) is 0 Å². The molecule has 6 heteroatoms. The summed E-state index contributed by atoms with van der Waals surface area (Å²) in [6.45, 7) is 2.35. The molecule has 1 aliphatic heterocycles. The fraction of sp³-hybridized carbons (Fsp3) is 0.143. The van der Waals surface area contributed by atoms with E-state index < -0.39 is 0 Å². The Labute approximate surface area is 160 Å². The number of aromatic nitrogens is 1. The molecule has 4 nitrogen and oxygen atoms in total. The number of halogens is 1. The predicted molar refractivity (Wildman–Crippen MR) is 108 cm³/mol. The maximum absolute atomic E-state index is 13.1. The Morgan fingerprint density at radius 1 is 1.15 bits per heavy atom. The number of nitrogens with one attached hydrogen (secondary N) is 1. The molecule has 1 aromatic heterocycles. The number of hydrogen-bond acceptors (Lipinski definition) is 4. The monoisotopic (exact) mass is 379 g/mol. The van der Waals surface area contributed by atoms with E-state index in [1.54, 1.807) is 17.0 Å². The molecule has 0 fully saturated rings. The van der Waals surface area contributed by atoms with Gasteiger partial charge in [0.05, 0.1) is 17.8 Å². The van der Waals surface area contributed by atoms with Gasteiger partial charge in [-0.1, -0.05) is 19.1 Å². The second-order valence-electron chi connectivity index (χ2n) is 6.32. The normalized spacial score (nSPS) is 14.3. The van der Waals surface area contributed by atoms with Crippen LogP contribution < -0.4 is 4.90 Å². The molecule has 27 heavy (non-hydrogen) atoms. The topological polar surface area (TPSA) is 60.2 Å². The van der Waals surface area contributed by atoms with Gasteiger partial charge in [-0.05, 0) is 48.4 Å². The Balaban J connectivity index is 1.61. The number of aliphatic hydroxyl groups excluding tert-OH is 1. The summed E-state index contributed by atoms with van der Waals surface area (Å²) < 4.78 is 13.1. The van der Waals surface area contributed by atoms with Crippen LogP contribution in [0, 0.1) is 11.2 Å². The average Bonchev–Trinajstić information content (AvgIpc) is 3.27. The number of nitrogens with zero attached hydrogens (tertiary/aromatic N) is 2. The van der Waals surface area contributed by atoms with Crippen LogP contribution in [0.1, 0.15) is 17.5 Å². The molecule has 2 heterocycles. The minimum absolute atomic E-state index is 0.138. The molecule has 0 saturated heterocycles. The highest BCUT2D eigenvalue weighted by Gasteiger charge is 2.31. The lowest BCUT2D eigenvalue weighted by molar-refractivity contribution is 0.411. The van der Waals surface area contributed by atoms with Gasteiger partial charge in [0.1, 0.15) is 22.4 Å². The average molecular weight is 379 g/mol. The number of anilines is 1. The summed E-state index contributed by atoms with van der Waals surface area (Å²) in [5.74, 6) is 0.0770. The Hall–Kier alpha value is -2.99. The molecular formula is C21H18FN3OS. The molecule has 2 aromatic carbocycles. The van der Waals surface area contributed by atoms with Crippen LogP contribution in [0.25, 0.3) is 16.8 Å². The van der Waals surface area contributed by atoms with Crippen LogP contribution in [0.15, 0.2) is 59.7 Å². The third kappa shape index (κ3) is 3.24. The first kappa shape index (κ1) is 17.4. The van der Waals surface area contributed by atoms with Gasteiger partial charge in [0.25, 0.3) is 0 Å². The SMILES string of the molecule is CCc1ccc(N2CC(O)=C(c3nc(-c4ccc(F)cc4)cs3)C2=N)cc1. The molecule has 4 rings (SSSR count). The number of benzene rings is 2. The summed E-state index contributed by atoms with van der Waals surface area (Å²) in [5.41, 5.74) is 4.05. The number of thiazole rings is 1. The molecule has 2 N–H and O–H groups in total. The minimum atomic E-state index is -0.295. The van der Waals surface area contributed by atoms with Crippen molar-refractivity contribution in [3.63, 3.8) is 0 Å². The van der Waals surface area contributed by atoms with Crippen LogP contribution in [-0.2, 0) is 6.42 Å². The Morgan fingerprint density at radius 3 is 2.52 bits per heavy atom. The fourth-order valence-corrected chi connectivity index (χ4v) is 3.97. The Kier molecular flexibility index (Phi) is 4.49. The summed E-state index contributed by atoms with van der Waals surface area (Å²) >= 11 is 1.37. The van der Waals surface area contributed by atoms with Gasteiger partial charge in [-0.2, -0.15) is 0 Å². The quantitative estimate of drug-likeness (QED) is 0.648. The van der Waals surface area contributed by atoms with Crippen molar-refractivity contribution in [2.24, 2.45) is 0 Å². The van der Waals surface area contributed by atoms with E-state index in [2.05, 4.69) is 11.9 Å². The predicted octanol–water partition coefficient (Wildman–Crippen LogP) is 5.28. The molecule has 0 atom stereocenters. The Morgan fingerprint density at radius 2 is 1.85 bits per heavy atom. The third-order valence-electron chi connectivity index (χ3n) is 4.62. The standard InChI is InChI=1S/C21H18FN3OS/c1-2-13-3-9-16(10-4-13)25-11-18(26)19(20(25)23)21-24-17(12-27-21)14-5-7-15(22)8-6-14/h3-10,12,23,26H,2,11H2,1H3. The molecular weight excluding hydrogens is 361 g/mol. The molecule has 0 aliphatic carbocycles. The van der Waals surface area contributed by atoms with E-state index in [1.807, 2.05) is 29.6 Å². The van der Waals surface area contributed by atoms with Gasteiger partial charge < -0.3 is 10.0 Å². The van der Waals surface area contributed by atoms with Crippen LogP contribution in [0.3, 0.4) is 0 Å². The van der Waals surface area contributed by atoms with Gasteiger partial charge >= 0.3 is 0 Å². The van der Waals surface area contributed by atoms with Crippen molar-refractivity contribution in [3.8, 4) is 11.3 Å². The number of rotatable bonds is 4. The van der Waals surface area contributed by atoms with Crippen LogP contribution in [0.2, 0.25) is 0 Å². The second kappa shape index (κ2) is 6.96. The third-order valence-corrected chi connectivity index (χ3v) is 5.48. The molecule has 0 spiro atoms. The van der Waals surface area contributed by atoms with Crippen molar-refractivity contribution < 1.29 is 9.50 Å². The first-order valence-corrected chi connectivity index (χ1v) is 9.54. The van der Waals surface area contributed by atoms with Gasteiger partial charge in [0.15, 0.2) is 0 Å². The zero-order valence-electron chi connectivity index (χ0n) is 14.7. The summed E-state index contributed by atoms with van der Waals surface area (Å²) in [6, 6.07) is 14.1.